The quantitative estimate of drug-likeness (QED) is 0.431. The Balaban J connectivity index is 1.70. The fourth-order valence-corrected chi connectivity index (χ4v) is 4.03. The van der Waals surface area contributed by atoms with Crippen LogP contribution < -0.4 is 10.1 Å². The highest BCUT2D eigenvalue weighted by Gasteiger charge is 2.10. The number of anilines is 2. The van der Waals surface area contributed by atoms with Gasteiger partial charge >= 0.3 is 0 Å². The summed E-state index contributed by atoms with van der Waals surface area (Å²) >= 11 is 8.04. The van der Waals surface area contributed by atoms with Crippen molar-refractivity contribution in [3.8, 4) is 16.9 Å². The second-order valence-corrected chi connectivity index (χ2v) is 8.81. The number of ether oxygens (including phenoxy) is 1. The van der Waals surface area contributed by atoms with Crippen molar-refractivity contribution in [1.29, 1.82) is 0 Å². The maximum Gasteiger partial charge on any atom is 0.188 e. The Labute approximate surface area is 176 Å². The third kappa shape index (κ3) is 5.69. The molecule has 4 nitrogen and oxygen atoms in total. The highest BCUT2D eigenvalue weighted by molar-refractivity contribution is 7.13. The van der Waals surface area contributed by atoms with Gasteiger partial charge in [-0.15, -0.1) is 11.3 Å². The summed E-state index contributed by atoms with van der Waals surface area (Å²) in [5, 5.41) is 6.71. The van der Waals surface area contributed by atoms with Crippen molar-refractivity contribution in [3.63, 3.8) is 0 Å². The first-order valence-corrected chi connectivity index (χ1v) is 10.7. The third-order valence-corrected chi connectivity index (χ3v) is 5.45. The molecular weight excluding hydrogens is 390 g/mol. The van der Waals surface area contributed by atoms with E-state index in [2.05, 4.69) is 36.1 Å². The smallest absolute Gasteiger partial charge is 0.188 e. The van der Waals surface area contributed by atoms with E-state index in [1.807, 2.05) is 42.6 Å². The lowest BCUT2D eigenvalue weighted by Gasteiger charge is -2.16. The summed E-state index contributed by atoms with van der Waals surface area (Å²) in [7, 11) is 0. The van der Waals surface area contributed by atoms with E-state index < -0.39 is 0 Å². The summed E-state index contributed by atoms with van der Waals surface area (Å²) in [6, 6.07) is 9.87. The van der Waals surface area contributed by atoms with Crippen LogP contribution in [0.2, 0.25) is 5.02 Å². The van der Waals surface area contributed by atoms with Crippen LogP contribution in [0, 0.1) is 18.8 Å². The van der Waals surface area contributed by atoms with Crippen molar-refractivity contribution in [3.05, 3.63) is 52.6 Å². The maximum absolute atomic E-state index is 6.48. The van der Waals surface area contributed by atoms with Gasteiger partial charge in [-0.25, -0.2) is 9.97 Å². The lowest BCUT2D eigenvalue weighted by Crippen LogP contribution is -2.11. The van der Waals surface area contributed by atoms with Crippen molar-refractivity contribution in [2.45, 2.75) is 34.1 Å². The first-order valence-electron chi connectivity index (χ1n) is 9.48. The first kappa shape index (κ1) is 20.6. The van der Waals surface area contributed by atoms with E-state index >= 15 is 0 Å². The van der Waals surface area contributed by atoms with Gasteiger partial charge in [0.2, 0.25) is 0 Å². The number of rotatable bonds is 8. The molecule has 0 amide bonds. The molecule has 0 saturated heterocycles. The van der Waals surface area contributed by atoms with Crippen molar-refractivity contribution in [2.75, 3.05) is 11.9 Å². The Morgan fingerprint density at radius 1 is 1.14 bits per heavy atom. The lowest BCUT2D eigenvalue weighted by molar-refractivity contribution is 0.239. The third-order valence-electron chi connectivity index (χ3n) is 4.28. The van der Waals surface area contributed by atoms with Gasteiger partial charge in [0.05, 0.1) is 17.3 Å². The summed E-state index contributed by atoms with van der Waals surface area (Å²) in [4.78, 5) is 8.80. The number of aromatic nitrogens is 2. The number of thiazole rings is 1. The van der Waals surface area contributed by atoms with E-state index in [4.69, 9.17) is 16.3 Å². The van der Waals surface area contributed by atoms with Gasteiger partial charge in [-0.1, -0.05) is 38.4 Å². The maximum atomic E-state index is 6.48. The molecule has 148 valence electrons. The monoisotopic (exact) mass is 415 g/mol. The van der Waals surface area contributed by atoms with Gasteiger partial charge in [0.15, 0.2) is 5.13 Å². The summed E-state index contributed by atoms with van der Waals surface area (Å²) in [5.74, 6) is 2.65. The number of hydrogen-bond acceptors (Lipinski definition) is 5. The van der Waals surface area contributed by atoms with Crippen LogP contribution in [0.25, 0.3) is 11.1 Å². The standard InChI is InChI=1S/C22H26ClN3OS/c1-14(2)9-15(3)12-27-20-6-5-17(10-19(20)23)18-7-8-24-21(11-18)26-22-25-16(4)13-28-22/h5-8,10-11,13-15H,9,12H2,1-4H3,(H,24,25,26). The minimum Gasteiger partial charge on any atom is -0.492 e. The molecule has 3 rings (SSSR count). The van der Waals surface area contributed by atoms with Crippen molar-refractivity contribution in [2.24, 2.45) is 11.8 Å². The van der Waals surface area contributed by atoms with E-state index in [1.54, 1.807) is 17.5 Å². The van der Waals surface area contributed by atoms with Crippen molar-refractivity contribution >= 4 is 33.9 Å². The molecule has 0 aliphatic heterocycles. The minimum atomic E-state index is 0.499. The summed E-state index contributed by atoms with van der Waals surface area (Å²) in [5.41, 5.74) is 3.05. The van der Waals surface area contributed by atoms with Crippen LogP contribution in [0.15, 0.2) is 41.9 Å². The van der Waals surface area contributed by atoms with Gasteiger partial charge < -0.3 is 10.1 Å². The molecule has 0 saturated carbocycles. The second kappa shape index (κ2) is 9.39. The predicted molar refractivity (Wildman–Crippen MR) is 119 cm³/mol. The normalized spacial score (nSPS) is 12.2. The summed E-state index contributed by atoms with van der Waals surface area (Å²) < 4.78 is 5.93. The molecule has 2 heterocycles. The largest absolute Gasteiger partial charge is 0.492 e. The van der Waals surface area contributed by atoms with Crippen molar-refractivity contribution in [1.82, 2.24) is 9.97 Å². The van der Waals surface area contributed by atoms with Gasteiger partial charge in [-0.3, -0.25) is 0 Å². The Morgan fingerprint density at radius 3 is 2.61 bits per heavy atom. The highest BCUT2D eigenvalue weighted by atomic mass is 35.5. The van der Waals surface area contributed by atoms with Crippen LogP contribution >= 0.6 is 22.9 Å². The molecule has 6 heteroatoms. The Bertz CT molecular complexity index is 926. The number of hydrogen-bond donors (Lipinski definition) is 1. The Kier molecular flexibility index (Phi) is 6.92. The van der Waals surface area contributed by atoms with Gasteiger partial charge in [-0.05, 0) is 60.6 Å². The van der Waals surface area contributed by atoms with Crippen LogP contribution in [0.1, 0.15) is 32.9 Å². The first-order chi connectivity index (χ1) is 13.4. The van der Waals surface area contributed by atoms with E-state index in [1.165, 1.54) is 0 Å². The molecule has 0 fully saturated rings. The van der Waals surface area contributed by atoms with E-state index in [0.29, 0.717) is 23.5 Å². The zero-order valence-corrected chi connectivity index (χ0v) is 18.3. The van der Waals surface area contributed by atoms with Gasteiger partial charge in [0.25, 0.3) is 0 Å². The summed E-state index contributed by atoms with van der Waals surface area (Å²) in [6.07, 6.45) is 2.92. The zero-order valence-electron chi connectivity index (χ0n) is 16.7. The van der Waals surface area contributed by atoms with Gasteiger partial charge in [0.1, 0.15) is 11.6 Å². The number of nitrogens with one attached hydrogen (secondary N) is 1. The molecule has 0 radical (unpaired) electrons. The average molecular weight is 416 g/mol. The molecule has 0 spiro atoms. The Hall–Kier alpha value is -2.11. The molecule has 1 unspecified atom stereocenters. The topological polar surface area (TPSA) is 47.0 Å². The number of pyridine rings is 1. The lowest BCUT2D eigenvalue weighted by atomic mass is 10.00. The minimum absolute atomic E-state index is 0.499. The van der Waals surface area contributed by atoms with Crippen molar-refractivity contribution < 1.29 is 4.74 Å². The number of nitrogens with zero attached hydrogens (tertiary/aromatic N) is 2. The van der Waals surface area contributed by atoms with E-state index in [-0.39, 0.29) is 0 Å². The molecule has 1 atom stereocenters. The van der Waals surface area contributed by atoms with E-state index in [0.717, 1.165) is 39.9 Å². The number of halogens is 1. The Morgan fingerprint density at radius 2 is 1.93 bits per heavy atom. The van der Waals surface area contributed by atoms with Crippen LogP contribution in [0.5, 0.6) is 5.75 Å². The van der Waals surface area contributed by atoms with Gasteiger partial charge in [-0.2, -0.15) is 0 Å². The highest BCUT2D eigenvalue weighted by Crippen LogP contribution is 2.32. The fraction of sp³-hybridized carbons (Fsp3) is 0.364. The van der Waals surface area contributed by atoms with E-state index in [9.17, 15) is 0 Å². The molecule has 3 aromatic rings. The molecule has 0 aliphatic carbocycles. The molecular formula is C22H26ClN3OS. The zero-order chi connectivity index (χ0) is 20.1. The van der Waals surface area contributed by atoms with Gasteiger partial charge in [0, 0.05) is 11.6 Å². The molecule has 1 N–H and O–H groups in total. The number of benzene rings is 1. The van der Waals surface area contributed by atoms with Crippen LogP contribution in [-0.4, -0.2) is 16.6 Å². The summed E-state index contributed by atoms with van der Waals surface area (Å²) in [6.45, 7) is 9.31. The molecule has 0 bridgehead atoms. The molecule has 28 heavy (non-hydrogen) atoms. The molecule has 0 aliphatic rings. The number of aryl methyl sites for hydroxylation is 1. The molecule has 2 aromatic heterocycles. The fourth-order valence-electron chi connectivity index (χ4n) is 3.10. The van der Waals surface area contributed by atoms with Crippen LogP contribution in [-0.2, 0) is 0 Å². The van der Waals surface area contributed by atoms with Crippen LogP contribution in [0.4, 0.5) is 10.9 Å². The second-order valence-electron chi connectivity index (χ2n) is 7.54. The van der Waals surface area contributed by atoms with Crippen LogP contribution in [0.3, 0.4) is 0 Å². The average Bonchev–Trinajstić information content (AvgIpc) is 3.05. The SMILES string of the molecule is Cc1csc(Nc2cc(-c3ccc(OCC(C)CC(C)C)c(Cl)c3)ccn2)n1. The molecule has 1 aromatic carbocycles. The predicted octanol–water partition coefficient (Wildman–Crippen LogP) is 6.97.